The Bertz CT molecular complexity index is 398. The molecule has 0 aromatic carbocycles. The molecule has 3 heterocycles. The zero-order chi connectivity index (χ0) is 13.1. The monoisotopic (exact) mass is 263 g/mol. The highest BCUT2D eigenvalue weighted by Gasteiger charge is 2.23. The van der Waals surface area contributed by atoms with Crippen molar-refractivity contribution >= 4 is 0 Å². The third-order valence-electron chi connectivity index (χ3n) is 4.43. The predicted octanol–water partition coefficient (Wildman–Crippen LogP) is 2.51. The summed E-state index contributed by atoms with van der Waals surface area (Å²) < 4.78 is 7.93. The van der Waals surface area contributed by atoms with Gasteiger partial charge in [0.25, 0.3) is 0 Å². The molecule has 0 radical (unpaired) electrons. The minimum atomic E-state index is 0.482. The fraction of sp³-hybridized carbons (Fsp3) is 0.800. The lowest BCUT2D eigenvalue weighted by Gasteiger charge is -2.30. The standard InChI is InChI=1S/C15H25N3O/c1-12-4-2-6-14(17-12)15-8-16-11-18(15)9-13-5-3-7-19-10-13/h8,11-14,17H,2-7,9-10H2,1H3. The first-order chi connectivity index (χ1) is 9.33. The summed E-state index contributed by atoms with van der Waals surface area (Å²) in [5.74, 6) is 0.655. The number of rotatable bonds is 3. The Labute approximate surface area is 115 Å². The second kappa shape index (κ2) is 6.06. The Hall–Kier alpha value is -0.870. The molecule has 0 spiro atoms. The van der Waals surface area contributed by atoms with Gasteiger partial charge < -0.3 is 14.6 Å². The summed E-state index contributed by atoms with van der Waals surface area (Å²) >= 11 is 0. The molecule has 1 aromatic heterocycles. The average molecular weight is 263 g/mol. The van der Waals surface area contributed by atoms with Crippen molar-refractivity contribution in [3.8, 4) is 0 Å². The van der Waals surface area contributed by atoms with Gasteiger partial charge in [-0.25, -0.2) is 4.98 Å². The lowest BCUT2D eigenvalue weighted by molar-refractivity contribution is 0.0478. The normalized spacial score (nSPS) is 32.4. The third-order valence-corrected chi connectivity index (χ3v) is 4.43. The van der Waals surface area contributed by atoms with Crippen molar-refractivity contribution in [3.05, 3.63) is 18.2 Å². The largest absolute Gasteiger partial charge is 0.381 e. The summed E-state index contributed by atoms with van der Waals surface area (Å²) in [6.07, 6.45) is 10.4. The lowest BCUT2D eigenvalue weighted by Crippen LogP contribution is -2.36. The number of nitrogens with one attached hydrogen (secondary N) is 1. The molecule has 2 aliphatic heterocycles. The van der Waals surface area contributed by atoms with E-state index < -0.39 is 0 Å². The molecule has 4 nitrogen and oxygen atoms in total. The summed E-state index contributed by atoms with van der Waals surface area (Å²) in [5.41, 5.74) is 1.36. The van der Waals surface area contributed by atoms with Crippen LogP contribution in [-0.2, 0) is 11.3 Å². The van der Waals surface area contributed by atoms with E-state index in [1.54, 1.807) is 0 Å². The molecule has 3 rings (SSSR count). The van der Waals surface area contributed by atoms with Gasteiger partial charge in [-0.1, -0.05) is 0 Å². The van der Waals surface area contributed by atoms with Gasteiger partial charge in [-0.3, -0.25) is 0 Å². The summed E-state index contributed by atoms with van der Waals surface area (Å²) in [6, 6.07) is 1.11. The quantitative estimate of drug-likeness (QED) is 0.910. The van der Waals surface area contributed by atoms with E-state index in [9.17, 15) is 0 Å². The van der Waals surface area contributed by atoms with Crippen molar-refractivity contribution in [2.45, 2.75) is 57.7 Å². The number of hydrogen-bond donors (Lipinski definition) is 1. The van der Waals surface area contributed by atoms with Gasteiger partial charge in [0, 0.05) is 37.4 Å². The Morgan fingerprint density at radius 3 is 3.11 bits per heavy atom. The topological polar surface area (TPSA) is 39.1 Å². The number of nitrogens with zero attached hydrogens (tertiary/aromatic N) is 2. The highest BCUT2D eigenvalue weighted by molar-refractivity contribution is 5.07. The van der Waals surface area contributed by atoms with Crippen LogP contribution < -0.4 is 5.32 Å². The van der Waals surface area contributed by atoms with E-state index in [0.29, 0.717) is 18.0 Å². The molecule has 19 heavy (non-hydrogen) atoms. The van der Waals surface area contributed by atoms with Crippen molar-refractivity contribution in [2.75, 3.05) is 13.2 Å². The highest BCUT2D eigenvalue weighted by atomic mass is 16.5. The summed E-state index contributed by atoms with van der Waals surface area (Å²) in [6.45, 7) is 5.19. The molecule has 1 N–H and O–H groups in total. The van der Waals surface area contributed by atoms with Gasteiger partial charge >= 0.3 is 0 Å². The number of aromatic nitrogens is 2. The van der Waals surface area contributed by atoms with Gasteiger partial charge in [-0.15, -0.1) is 0 Å². The molecular formula is C15H25N3O. The smallest absolute Gasteiger partial charge is 0.0948 e. The van der Waals surface area contributed by atoms with E-state index in [1.165, 1.54) is 37.8 Å². The van der Waals surface area contributed by atoms with Crippen LogP contribution in [0.25, 0.3) is 0 Å². The summed E-state index contributed by atoms with van der Waals surface area (Å²) in [4.78, 5) is 4.37. The summed E-state index contributed by atoms with van der Waals surface area (Å²) in [5, 5.41) is 3.70. The fourth-order valence-electron chi connectivity index (χ4n) is 3.37. The first-order valence-corrected chi connectivity index (χ1v) is 7.67. The predicted molar refractivity (Wildman–Crippen MR) is 75.0 cm³/mol. The van der Waals surface area contributed by atoms with E-state index in [2.05, 4.69) is 21.8 Å². The van der Waals surface area contributed by atoms with Crippen LogP contribution in [0.2, 0.25) is 0 Å². The van der Waals surface area contributed by atoms with Crippen LogP contribution in [0.3, 0.4) is 0 Å². The summed E-state index contributed by atoms with van der Waals surface area (Å²) in [7, 11) is 0. The maximum absolute atomic E-state index is 5.58. The SMILES string of the molecule is CC1CCCC(c2cncn2CC2CCCOC2)N1. The Kier molecular flexibility index (Phi) is 4.18. The van der Waals surface area contributed by atoms with Crippen molar-refractivity contribution < 1.29 is 4.74 Å². The van der Waals surface area contributed by atoms with Gasteiger partial charge in [0.15, 0.2) is 0 Å². The molecule has 4 heteroatoms. The molecule has 106 valence electrons. The zero-order valence-electron chi connectivity index (χ0n) is 11.8. The minimum absolute atomic E-state index is 0.482. The molecular weight excluding hydrogens is 238 g/mol. The van der Waals surface area contributed by atoms with Crippen LogP contribution in [0.15, 0.2) is 12.5 Å². The van der Waals surface area contributed by atoms with Crippen LogP contribution in [0.5, 0.6) is 0 Å². The molecule has 0 saturated carbocycles. The van der Waals surface area contributed by atoms with Gasteiger partial charge in [0.1, 0.15) is 0 Å². The Morgan fingerprint density at radius 2 is 2.32 bits per heavy atom. The van der Waals surface area contributed by atoms with Crippen LogP contribution >= 0.6 is 0 Å². The van der Waals surface area contributed by atoms with Gasteiger partial charge in [0.2, 0.25) is 0 Å². The zero-order valence-corrected chi connectivity index (χ0v) is 11.8. The molecule has 2 saturated heterocycles. The van der Waals surface area contributed by atoms with E-state index in [4.69, 9.17) is 4.74 Å². The number of piperidine rings is 1. The van der Waals surface area contributed by atoms with E-state index >= 15 is 0 Å². The lowest BCUT2D eigenvalue weighted by atomic mass is 9.97. The van der Waals surface area contributed by atoms with Crippen LogP contribution in [0.1, 0.15) is 50.8 Å². The minimum Gasteiger partial charge on any atom is -0.381 e. The van der Waals surface area contributed by atoms with E-state index in [0.717, 1.165) is 19.8 Å². The molecule has 3 atom stereocenters. The van der Waals surface area contributed by atoms with Gasteiger partial charge in [-0.2, -0.15) is 0 Å². The van der Waals surface area contributed by atoms with E-state index in [1.807, 2.05) is 12.5 Å². The van der Waals surface area contributed by atoms with E-state index in [-0.39, 0.29) is 0 Å². The maximum atomic E-state index is 5.58. The molecule has 0 bridgehead atoms. The highest BCUT2D eigenvalue weighted by Crippen LogP contribution is 2.26. The van der Waals surface area contributed by atoms with Crippen molar-refractivity contribution in [1.29, 1.82) is 0 Å². The third kappa shape index (κ3) is 3.18. The fourth-order valence-corrected chi connectivity index (χ4v) is 3.37. The molecule has 3 unspecified atom stereocenters. The average Bonchev–Trinajstić information content (AvgIpc) is 2.88. The molecule has 0 aliphatic carbocycles. The molecule has 0 amide bonds. The van der Waals surface area contributed by atoms with Crippen LogP contribution in [-0.4, -0.2) is 28.8 Å². The maximum Gasteiger partial charge on any atom is 0.0948 e. The number of hydrogen-bond acceptors (Lipinski definition) is 3. The van der Waals surface area contributed by atoms with Crippen molar-refractivity contribution in [1.82, 2.24) is 14.9 Å². The van der Waals surface area contributed by atoms with Gasteiger partial charge in [-0.05, 0) is 39.0 Å². The second-order valence-corrected chi connectivity index (χ2v) is 6.11. The van der Waals surface area contributed by atoms with Crippen LogP contribution in [0, 0.1) is 5.92 Å². The van der Waals surface area contributed by atoms with Crippen LogP contribution in [0.4, 0.5) is 0 Å². The second-order valence-electron chi connectivity index (χ2n) is 6.11. The Balaban J connectivity index is 1.67. The Morgan fingerprint density at radius 1 is 1.37 bits per heavy atom. The van der Waals surface area contributed by atoms with Crippen molar-refractivity contribution in [3.63, 3.8) is 0 Å². The molecule has 1 aromatic rings. The number of imidazole rings is 1. The molecule has 2 fully saturated rings. The molecule has 2 aliphatic rings. The first kappa shape index (κ1) is 13.1. The number of ether oxygens (including phenoxy) is 1. The first-order valence-electron chi connectivity index (χ1n) is 7.67. The van der Waals surface area contributed by atoms with Crippen molar-refractivity contribution in [2.24, 2.45) is 5.92 Å². The van der Waals surface area contributed by atoms with Gasteiger partial charge in [0.05, 0.1) is 18.6 Å².